The van der Waals surface area contributed by atoms with E-state index in [-0.39, 0.29) is 24.0 Å². The van der Waals surface area contributed by atoms with Gasteiger partial charge >= 0.3 is 0 Å². The first-order valence-electron chi connectivity index (χ1n) is 3.10. The Morgan fingerprint density at radius 1 is 1.11 bits per heavy atom. The highest BCUT2D eigenvalue weighted by Crippen LogP contribution is 2.12. The van der Waals surface area contributed by atoms with Crippen molar-refractivity contribution >= 4 is 11.8 Å². The fourth-order valence-corrected chi connectivity index (χ4v) is 2.29. The normalized spacial score (nSPS) is 24.7. The molecule has 0 atom stereocenters. The standard InChI is InChI=1S/C6H14NS.HI/c1-7(2)3-5-8-6-4-7;/h3-6H2,1-2H3;1H/q+1;/p-1. The highest BCUT2D eigenvalue weighted by molar-refractivity contribution is 7.99. The van der Waals surface area contributed by atoms with Crippen LogP contribution in [0.4, 0.5) is 0 Å². The highest BCUT2D eigenvalue weighted by atomic mass is 127. The first-order valence-corrected chi connectivity index (χ1v) is 4.26. The molecule has 0 unspecified atom stereocenters. The minimum Gasteiger partial charge on any atom is -1.00 e. The molecule has 1 aliphatic rings. The van der Waals surface area contributed by atoms with Crippen molar-refractivity contribution < 1.29 is 28.5 Å². The fraction of sp³-hybridized carbons (Fsp3) is 1.00. The molecule has 1 nitrogen and oxygen atoms in total. The van der Waals surface area contributed by atoms with E-state index in [2.05, 4.69) is 25.9 Å². The lowest BCUT2D eigenvalue weighted by molar-refractivity contribution is -0.886. The maximum Gasteiger partial charge on any atom is 0.0874 e. The maximum absolute atomic E-state index is 2.31. The largest absolute Gasteiger partial charge is 1.00 e. The van der Waals surface area contributed by atoms with Crippen LogP contribution in [0.15, 0.2) is 0 Å². The Labute approximate surface area is 78.8 Å². The topological polar surface area (TPSA) is 0 Å². The molecule has 1 aliphatic heterocycles. The summed E-state index contributed by atoms with van der Waals surface area (Å²) < 4.78 is 1.23. The van der Waals surface area contributed by atoms with Crippen molar-refractivity contribution in [2.75, 3.05) is 38.7 Å². The lowest BCUT2D eigenvalue weighted by atomic mass is 10.5. The molecule has 0 N–H and O–H groups in total. The smallest absolute Gasteiger partial charge is 0.0874 e. The molecule has 0 aromatic carbocycles. The van der Waals surface area contributed by atoms with E-state index in [1.807, 2.05) is 0 Å². The Morgan fingerprint density at radius 3 is 1.78 bits per heavy atom. The van der Waals surface area contributed by atoms with Crippen molar-refractivity contribution in [2.45, 2.75) is 0 Å². The molecule has 0 aromatic heterocycles. The van der Waals surface area contributed by atoms with Gasteiger partial charge in [-0.05, 0) is 0 Å². The third kappa shape index (κ3) is 3.68. The van der Waals surface area contributed by atoms with Crippen molar-refractivity contribution in [3.8, 4) is 0 Å². The third-order valence-electron chi connectivity index (χ3n) is 1.68. The Hall–Kier alpha value is 1.04. The predicted molar refractivity (Wildman–Crippen MR) is 39.2 cm³/mol. The molecule has 1 heterocycles. The molecule has 0 bridgehead atoms. The molecule has 0 aliphatic carbocycles. The average molecular weight is 259 g/mol. The van der Waals surface area contributed by atoms with E-state index in [0.29, 0.717) is 0 Å². The van der Waals surface area contributed by atoms with Gasteiger partial charge in [-0.2, -0.15) is 11.8 Å². The summed E-state index contributed by atoms with van der Waals surface area (Å²) >= 11 is 2.08. The highest BCUT2D eigenvalue weighted by Gasteiger charge is 2.17. The number of thioether (sulfide) groups is 1. The minimum absolute atomic E-state index is 0. The zero-order valence-corrected chi connectivity index (χ0v) is 9.04. The second-order valence-corrected chi connectivity index (χ2v) is 4.22. The van der Waals surface area contributed by atoms with Crippen molar-refractivity contribution in [1.29, 1.82) is 0 Å². The van der Waals surface area contributed by atoms with Crippen LogP contribution in [0.1, 0.15) is 0 Å². The Balaban J connectivity index is 0.000000640. The lowest BCUT2D eigenvalue weighted by Crippen LogP contribution is -3.00. The number of rotatable bonds is 0. The van der Waals surface area contributed by atoms with Gasteiger partial charge in [-0.3, -0.25) is 0 Å². The number of quaternary nitrogens is 1. The number of halogens is 1. The molecule has 1 saturated heterocycles. The predicted octanol–water partition coefficient (Wildman–Crippen LogP) is -2.19. The molecule has 1 fully saturated rings. The van der Waals surface area contributed by atoms with E-state index in [4.69, 9.17) is 0 Å². The van der Waals surface area contributed by atoms with Crippen LogP contribution in [0.3, 0.4) is 0 Å². The fourth-order valence-electron chi connectivity index (χ4n) is 0.837. The third-order valence-corrected chi connectivity index (χ3v) is 2.62. The molecule has 1 rings (SSSR count). The Bertz CT molecular complexity index is 77.1. The van der Waals surface area contributed by atoms with Crippen molar-refractivity contribution in [3.63, 3.8) is 0 Å². The van der Waals surface area contributed by atoms with Gasteiger partial charge in [0.25, 0.3) is 0 Å². The molecular weight excluding hydrogens is 245 g/mol. The lowest BCUT2D eigenvalue weighted by Gasteiger charge is -2.32. The minimum atomic E-state index is 0. The van der Waals surface area contributed by atoms with Gasteiger partial charge in [0.1, 0.15) is 0 Å². The van der Waals surface area contributed by atoms with Crippen LogP contribution in [0.5, 0.6) is 0 Å². The molecule has 0 spiro atoms. The molecule has 0 aromatic rings. The van der Waals surface area contributed by atoms with E-state index >= 15 is 0 Å². The summed E-state index contributed by atoms with van der Waals surface area (Å²) in [6.07, 6.45) is 0. The summed E-state index contributed by atoms with van der Waals surface area (Å²) in [7, 11) is 4.61. The molecule has 0 radical (unpaired) electrons. The van der Waals surface area contributed by atoms with Crippen LogP contribution in [0, 0.1) is 0 Å². The van der Waals surface area contributed by atoms with Crippen LogP contribution in [0.25, 0.3) is 0 Å². The van der Waals surface area contributed by atoms with Gasteiger partial charge in [-0.1, -0.05) is 0 Å². The monoisotopic (exact) mass is 259 g/mol. The van der Waals surface area contributed by atoms with E-state index < -0.39 is 0 Å². The van der Waals surface area contributed by atoms with Crippen molar-refractivity contribution in [2.24, 2.45) is 0 Å². The SMILES string of the molecule is C[N+]1(C)CCSCC1.[I-]. The van der Waals surface area contributed by atoms with Gasteiger partial charge in [0.15, 0.2) is 0 Å². The first-order chi connectivity index (χ1) is 3.71. The van der Waals surface area contributed by atoms with Crippen LogP contribution in [-0.2, 0) is 0 Å². The Kier molecular flexibility index (Phi) is 4.50. The zero-order chi connectivity index (χ0) is 6.04. The van der Waals surface area contributed by atoms with Crippen LogP contribution in [0.2, 0.25) is 0 Å². The number of hydrogen-bond donors (Lipinski definition) is 0. The second kappa shape index (κ2) is 4.03. The van der Waals surface area contributed by atoms with E-state index in [1.54, 1.807) is 0 Å². The summed E-state index contributed by atoms with van der Waals surface area (Å²) in [5, 5.41) is 0. The van der Waals surface area contributed by atoms with Gasteiger partial charge < -0.3 is 28.5 Å². The van der Waals surface area contributed by atoms with Crippen molar-refractivity contribution in [3.05, 3.63) is 0 Å². The van der Waals surface area contributed by atoms with Gasteiger partial charge in [-0.25, -0.2) is 0 Å². The van der Waals surface area contributed by atoms with Gasteiger partial charge in [-0.15, -0.1) is 0 Å². The summed E-state index contributed by atoms with van der Waals surface area (Å²) in [6, 6.07) is 0. The van der Waals surface area contributed by atoms with Crippen LogP contribution < -0.4 is 24.0 Å². The quantitative estimate of drug-likeness (QED) is 0.352. The number of nitrogens with zero attached hydrogens (tertiary/aromatic N) is 1. The zero-order valence-electron chi connectivity index (χ0n) is 6.06. The maximum atomic E-state index is 2.31. The number of hydrogen-bond acceptors (Lipinski definition) is 1. The molecular formula is C6H14INS. The van der Waals surface area contributed by atoms with Gasteiger partial charge in [0.05, 0.1) is 27.2 Å². The van der Waals surface area contributed by atoms with E-state index in [9.17, 15) is 0 Å². The Morgan fingerprint density at radius 2 is 1.56 bits per heavy atom. The summed E-state index contributed by atoms with van der Waals surface area (Å²) in [6.45, 7) is 2.70. The first kappa shape index (κ1) is 10.0. The molecule has 0 saturated carbocycles. The molecule has 9 heavy (non-hydrogen) atoms. The molecule has 56 valence electrons. The van der Waals surface area contributed by atoms with Gasteiger partial charge in [0, 0.05) is 11.5 Å². The van der Waals surface area contributed by atoms with Crippen molar-refractivity contribution in [1.82, 2.24) is 0 Å². The average Bonchev–Trinajstić information content (AvgIpc) is 1.65. The second-order valence-electron chi connectivity index (χ2n) is 3.00. The van der Waals surface area contributed by atoms with Gasteiger partial charge in [0.2, 0.25) is 0 Å². The van der Waals surface area contributed by atoms with E-state index in [0.717, 1.165) is 0 Å². The van der Waals surface area contributed by atoms with Crippen LogP contribution >= 0.6 is 11.8 Å². The molecule has 0 amide bonds. The van der Waals surface area contributed by atoms with E-state index in [1.165, 1.54) is 29.1 Å². The summed E-state index contributed by atoms with van der Waals surface area (Å²) in [5.74, 6) is 2.71. The molecule has 3 heteroatoms. The summed E-state index contributed by atoms with van der Waals surface area (Å²) in [5.41, 5.74) is 0. The summed E-state index contributed by atoms with van der Waals surface area (Å²) in [4.78, 5) is 0. The van der Waals surface area contributed by atoms with Crippen LogP contribution in [-0.4, -0.2) is 43.2 Å².